The van der Waals surface area contributed by atoms with Crippen LogP contribution in [0.3, 0.4) is 0 Å². The SMILES string of the molecule is CC(=O)OCC(=O)c1ccc(Br)s1. The number of rotatable bonds is 3. The molecule has 0 aliphatic rings. The van der Waals surface area contributed by atoms with Gasteiger partial charge in [0, 0.05) is 6.92 Å². The Morgan fingerprint density at radius 1 is 1.54 bits per heavy atom. The van der Waals surface area contributed by atoms with Crippen LogP contribution in [0.4, 0.5) is 0 Å². The van der Waals surface area contributed by atoms with Gasteiger partial charge in [-0.15, -0.1) is 11.3 Å². The van der Waals surface area contributed by atoms with Crippen LogP contribution in [-0.2, 0) is 9.53 Å². The topological polar surface area (TPSA) is 43.4 Å². The van der Waals surface area contributed by atoms with E-state index in [4.69, 9.17) is 0 Å². The highest BCUT2D eigenvalue weighted by atomic mass is 79.9. The van der Waals surface area contributed by atoms with Crippen molar-refractivity contribution in [2.75, 3.05) is 6.61 Å². The lowest BCUT2D eigenvalue weighted by atomic mass is 10.3. The van der Waals surface area contributed by atoms with Crippen LogP contribution in [0.15, 0.2) is 15.9 Å². The number of ketones is 1. The maximum absolute atomic E-state index is 11.3. The number of hydrogen-bond donors (Lipinski definition) is 0. The van der Waals surface area contributed by atoms with E-state index in [0.29, 0.717) is 4.88 Å². The van der Waals surface area contributed by atoms with Crippen molar-refractivity contribution >= 4 is 39.0 Å². The predicted octanol–water partition coefficient (Wildman–Crippen LogP) is 2.26. The lowest BCUT2D eigenvalue weighted by molar-refractivity contribution is -0.139. The van der Waals surface area contributed by atoms with Crippen LogP contribution < -0.4 is 0 Å². The lowest BCUT2D eigenvalue weighted by Crippen LogP contribution is -2.10. The highest BCUT2D eigenvalue weighted by molar-refractivity contribution is 9.11. The number of halogens is 1. The number of carbonyl (C=O) groups is 2. The molecule has 0 saturated carbocycles. The minimum absolute atomic E-state index is 0.175. The second kappa shape index (κ2) is 4.53. The summed E-state index contributed by atoms with van der Waals surface area (Å²) in [5, 5.41) is 0. The molecule has 0 aliphatic heterocycles. The average Bonchev–Trinajstić information content (AvgIpc) is 2.47. The summed E-state index contributed by atoms with van der Waals surface area (Å²) in [6, 6.07) is 3.48. The van der Waals surface area contributed by atoms with E-state index in [1.165, 1.54) is 18.3 Å². The zero-order valence-electron chi connectivity index (χ0n) is 6.87. The monoisotopic (exact) mass is 262 g/mol. The maximum Gasteiger partial charge on any atom is 0.303 e. The summed E-state index contributed by atoms with van der Waals surface area (Å²) in [5.74, 6) is -0.616. The van der Waals surface area contributed by atoms with Gasteiger partial charge in [-0.1, -0.05) is 0 Å². The molecule has 0 bridgehead atoms. The summed E-state index contributed by atoms with van der Waals surface area (Å²) < 4.78 is 5.46. The van der Waals surface area contributed by atoms with Gasteiger partial charge in [0.2, 0.25) is 5.78 Å². The van der Waals surface area contributed by atoms with Crippen LogP contribution in [0.5, 0.6) is 0 Å². The first-order chi connectivity index (χ1) is 6.09. The Kier molecular flexibility index (Phi) is 3.62. The molecule has 13 heavy (non-hydrogen) atoms. The van der Waals surface area contributed by atoms with Gasteiger partial charge in [-0.25, -0.2) is 0 Å². The van der Waals surface area contributed by atoms with Crippen molar-refractivity contribution in [1.82, 2.24) is 0 Å². The first-order valence-electron chi connectivity index (χ1n) is 3.51. The molecule has 1 aromatic rings. The Bertz CT molecular complexity index is 332. The predicted molar refractivity (Wildman–Crippen MR) is 53.0 cm³/mol. The van der Waals surface area contributed by atoms with Gasteiger partial charge in [-0.2, -0.15) is 0 Å². The molecule has 0 atom stereocenters. The van der Waals surface area contributed by atoms with Gasteiger partial charge in [0.1, 0.15) is 0 Å². The summed E-state index contributed by atoms with van der Waals surface area (Å²) in [6.45, 7) is 1.10. The largest absolute Gasteiger partial charge is 0.457 e. The minimum Gasteiger partial charge on any atom is -0.457 e. The van der Waals surface area contributed by atoms with Crippen molar-refractivity contribution in [3.63, 3.8) is 0 Å². The third-order valence-electron chi connectivity index (χ3n) is 1.25. The van der Waals surface area contributed by atoms with Crippen molar-refractivity contribution in [2.45, 2.75) is 6.92 Å². The normalized spacial score (nSPS) is 9.69. The third-order valence-corrected chi connectivity index (χ3v) is 2.92. The highest BCUT2D eigenvalue weighted by Gasteiger charge is 2.09. The van der Waals surface area contributed by atoms with Crippen molar-refractivity contribution in [1.29, 1.82) is 0 Å². The fourth-order valence-electron chi connectivity index (χ4n) is 0.702. The van der Waals surface area contributed by atoms with E-state index < -0.39 is 5.97 Å². The molecule has 1 heterocycles. The number of esters is 1. The van der Waals surface area contributed by atoms with Crippen molar-refractivity contribution in [3.8, 4) is 0 Å². The molecule has 0 fully saturated rings. The molecule has 1 rings (SSSR count). The van der Waals surface area contributed by atoms with Gasteiger partial charge >= 0.3 is 5.97 Å². The van der Waals surface area contributed by atoms with Gasteiger partial charge in [-0.05, 0) is 28.1 Å². The van der Waals surface area contributed by atoms with Gasteiger partial charge in [0.05, 0.1) is 8.66 Å². The molecule has 0 radical (unpaired) electrons. The van der Waals surface area contributed by atoms with E-state index >= 15 is 0 Å². The molecule has 0 aliphatic carbocycles. The number of ether oxygens (including phenoxy) is 1. The van der Waals surface area contributed by atoms with Crippen molar-refractivity contribution in [3.05, 3.63) is 20.8 Å². The quantitative estimate of drug-likeness (QED) is 0.620. The fraction of sp³-hybridized carbons (Fsp3) is 0.250. The standard InChI is InChI=1S/C8H7BrO3S/c1-5(10)12-4-6(11)7-2-3-8(9)13-7/h2-3H,4H2,1H3. The van der Waals surface area contributed by atoms with E-state index in [1.807, 2.05) is 0 Å². The molecule has 3 nitrogen and oxygen atoms in total. The second-order valence-corrected chi connectivity index (χ2v) is 4.77. The molecule has 0 saturated heterocycles. The summed E-state index contributed by atoms with van der Waals surface area (Å²) in [5.41, 5.74) is 0. The van der Waals surface area contributed by atoms with Gasteiger partial charge in [0.25, 0.3) is 0 Å². The Balaban J connectivity index is 2.54. The van der Waals surface area contributed by atoms with E-state index in [1.54, 1.807) is 12.1 Å². The van der Waals surface area contributed by atoms with Crippen LogP contribution in [0.1, 0.15) is 16.6 Å². The molecule has 0 spiro atoms. The molecule has 0 unspecified atom stereocenters. The van der Waals surface area contributed by atoms with Gasteiger partial charge < -0.3 is 4.74 Å². The van der Waals surface area contributed by atoms with Crippen LogP contribution >= 0.6 is 27.3 Å². The third kappa shape index (κ3) is 3.28. The summed E-state index contributed by atoms with van der Waals surface area (Å²) in [6.07, 6.45) is 0. The molecule has 70 valence electrons. The zero-order chi connectivity index (χ0) is 9.84. The molecule has 0 N–H and O–H groups in total. The minimum atomic E-state index is -0.441. The van der Waals surface area contributed by atoms with E-state index in [9.17, 15) is 9.59 Å². The Morgan fingerprint density at radius 2 is 2.23 bits per heavy atom. The van der Waals surface area contributed by atoms with Crippen LogP contribution in [0, 0.1) is 0 Å². The molecular formula is C8H7BrO3S. The van der Waals surface area contributed by atoms with E-state index in [-0.39, 0.29) is 12.4 Å². The fourth-order valence-corrected chi connectivity index (χ4v) is 2.01. The molecule has 0 amide bonds. The highest BCUT2D eigenvalue weighted by Crippen LogP contribution is 2.22. The number of carbonyl (C=O) groups excluding carboxylic acids is 2. The maximum atomic E-state index is 11.3. The van der Waals surface area contributed by atoms with E-state index in [0.717, 1.165) is 3.79 Å². The first kappa shape index (κ1) is 10.4. The first-order valence-corrected chi connectivity index (χ1v) is 5.12. The van der Waals surface area contributed by atoms with E-state index in [2.05, 4.69) is 20.7 Å². The lowest BCUT2D eigenvalue weighted by Gasteiger charge is -1.97. The number of thiophene rings is 1. The summed E-state index contributed by atoms with van der Waals surface area (Å²) >= 11 is 4.56. The molecule has 5 heteroatoms. The van der Waals surface area contributed by atoms with Crippen LogP contribution in [0.25, 0.3) is 0 Å². The van der Waals surface area contributed by atoms with Crippen molar-refractivity contribution in [2.24, 2.45) is 0 Å². The Hall–Kier alpha value is -0.680. The van der Waals surface area contributed by atoms with Gasteiger partial charge in [0.15, 0.2) is 6.61 Å². The van der Waals surface area contributed by atoms with Crippen molar-refractivity contribution < 1.29 is 14.3 Å². The molecular weight excluding hydrogens is 256 g/mol. The summed E-state index contributed by atoms with van der Waals surface area (Å²) in [4.78, 5) is 22.3. The zero-order valence-corrected chi connectivity index (χ0v) is 9.28. The average molecular weight is 263 g/mol. The summed E-state index contributed by atoms with van der Waals surface area (Å²) in [7, 11) is 0. The molecule has 1 aromatic heterocycles. The Morgan fingerprint density at radius 3 is 2.69 bits per heavy atom. The smallest absolute Gasteiger partial charge is 0.303 e. The number of Topliss-reactive ketones (excluding diaryl/α,β-unsaturated/α-hetero) is 1. The van der Waals surface area contributed by atoms with Crippen LogP contribution in [-0.4, -0.2) is 18.4 Å². The Labute approximate surface area is 87.8 Å². The van der Waals surface area contributed by atoms with Crippen LogP contribution in [0.2, 0.25) is 0 Å². The number of hydrogen-bond acceptors (Lipinski definition) is 4. The van der Waals surface area contributed by atoms with Gasteiger partial charge in [-0.3, -0.25) is 9.59 Å². The second-order valence-electron chi connectivity index (χ2n) is 2.31. The molecule has 0 aromatic carbocycles.